The molecule has 2 aromatic carbocycles. The lowest BCUT2D eigenvalue weighted by Crippen LogP contribution is -2.24. The lowest BCUT2D eigenvalue weighted by atomic mass is 10.2. The number of nitrogens with zero attached hydrogens (tertiary/aromatic N) is 3. The quantitative estimate of drug-likeness (QED) is 0.500. The van der Waals surface area contributed by atoms with Gasteiger partial charge in [-0.15, -0.1) is 10.2 Å². The molecule has 6 nitrogen and oxygen atoms in total. The van der Waals surface area contributed by atoms with Crippen LogP contribution in [-0.4, -0.2) is 40.1 Å². The molecule has 146 valence electrons. The van der Waals surface area contributed by atoms with Crippen molar-refractivity contribution in [2.45, 2.75) is 12.1 Å². The summed E-state index contributed by atoms with van der Waals surface area (Å²) in [6.07, 6.45) is 0. The van der Waals surface area contributed by atoms with Gasteiger partial charge in [-0.1, -0.05) is 51.4 Å². The first-order chi connectivity index (χ1) is 13.5. The summed E-state index contributed by atoms with van der Waals surface area (Å²) in [6, 6.07) is 13.3. The lowest BCUT2D eigenvalue weighted by molar-refractivity contribution is -0.118. The van der Waals surface area contributed by atoms with Crippen LogP contribution in [0.2, 0.25) is 5.02 Å². The number of hydrogen-bond acceptors (Lipinski definition) is 5. The number of methoxy groups -OCH3 is 1. The standard InChI is InChI=1S/C19H18BrClN4O2S/c1-3-22-17(26)11-28-19-24-23-18(12-4-6-13(20)7-5-12)25(19)14-8-9-16(27-2)15(21)10-14/h4-10H,3,11H2,1-2H3,(H,22,26). The lowest BCUT2D eigenvalue weighted by Gasteiger charge is -2.12. The van der Waals surface area contributed by atoms with Crippen molar-refractivity contribution in [1.29, 1.82) is 0 Å². The number of amides is 1. The molecule has 0 fully saturated rings. The van der Waals surface area contributed by atoms with Gasteiger partial charge in [0, 0.05) is 16.6 Å². The zero-order valence-electron chi connectivity index (χ0n) is 15.3. The highest BCUT2D eigenvalue weighted by Crippen LogP contribution is 2.32. The van der Waals surface area contributed by atoms with Gasteiger partial charge >= 0.3 is 0 Å². The maximum Gasteiger partial charge on any atom is 0.230 e. The summed E-state index contributed by atoms with van der Waals surface area (Å²) in [5, 5.41) is 12.5. The fourth-order valence-electron chi connectivity index (χ4n) is 2.55. The molecule has 0 radical (unpaired) electrons. The van der Waals surface area contributed by atoms with E-state index < -0.39 is 0 Å². The van der Waals surface area contributed by atoms with Crippen LogP contribution in [0.1, 0.15) is 6.92 Å². The second-order valence-corrected chi connectivity index (χ2v) is 7.97. The zero-order valence-corrected chi connectivity index (χ0v) is 18.4. The van der Waals surface area contributed by atoms with E-state index >= 15 is 0 Å². The normalized spacial score (nSPS) is 10.7. The van der Waals surface area contributed by atoms with Crippen LogP contribution in [0.5, 0.6) is 5.75 Å². The van der Waals surface area contributed by atoms with E-state index in [1.165, 1.54) is 11.8 Å². The van der Waals surface area contributed by atoms with Crippen molar-refractivity contribution >= 4 is 45.2 Å². The number of aromatic nitrogens is 3. The summed E-state index contributed by atoms with van der Waals surface area (Å²) in [7, 11) is 1.57. The number of carbonyl (C=O) groups excluding carboxylic acids is 1. The van der Waals surface area contributed by atoms with E-state index in [-0.39, 0.29) is 11.7 Å². The summed E-state index contributed by atoms with van der Waals surface area (Å²) in [4.78, 5) is 11.9. The Morgan fingerprint density at radius 1 is 1.25 bits per heavy atom. The van der Waals surface area contributed by atoms with Crippen LogP contribution in [0.4, 0.5) is 0 Å². The third-order valence-corrected chi connectivity index (χ3v) is 5.59. The Kier molecular flexibility index (Phi) is 6.98. The Labute approximate surface area is 180 Å². The molecule has 28 heavy (non-hydrogen) atoms. The van der Waals surface area contributed by atoms with Crippen molar-refractivity contribution in [3.63, 3.8) is 0 Å². The minimum absolute atomic E-state index is 0.0556. The first-order valence-corrected chi connectivity index (χ1v) is 10.6. The average Bonchev–Trinajstić information content (AvgIpc) is 3.11. The predicted molar refractivity (Wildman–Crippen MR) is 115 cm³/mol. The zero-order chi connectivity index (χ0) is 20.1. The number of carbonyl (C=O) groups is 1. The smallest absolute Gasteiger partial charge is 0.230 e. The molecule has 1 aromatic heterocycles. The SMILES string of the molecule is CCNC(=O)CSc1nnc(-c2ccc(Br)cc2)n1-c1ccc(OC)c(Cl)c1. The number of benzene rings is 2. The monoisotopic (exact) mass is 480 g/mol. The van der Waals surface area contributed by atoms with Gasteiger partial charge in [-0.25, -0.2) is 0 Å². The summed E-state index contributed by atoms with van der Waals surface area (Å²) >= 11 is 11.1. The number of nitrogens with one attached hydrogen (secondary N) is 1. The van der Waals surface area contributed by atoms with E-state index in [0.29, 0.717) is 28.3 Å². The molecular formula is C19H18BrClN4O2S. The first-order valence-electron chi connectivity index (χ1n) is 8.48. The van der Waals surface area contributed by atoms with Crippen molar-refractivity contribution in [3.8, 4) is 22.8 Å². The van der Waals surface area contributed by atoms with Gasteiger partial charge in [-0.2, -0.15) is 0 Å². The predicted octanol–water partition coefficient (Wildman–Crippen LogP) is 4.59. The molecule has 9 heteroatoms. The summed E-state index contributed by atoms with van der Waals surface area (Å²) < 4.78 is 8.11. The molecular weight excluding hydrogens is 464 g/mol. The highest BCUT2D eigenvalue weighted by Gasteiger charge is 2.18. The third-order valence-electron chi connectivity index (χ3n) is 3.84. The van der Waals surface area contributed by atoms with Crippen LogP contribution < -0.4 is 10.1 Å². The molecule has 0 aliphatic rings. The Morgan fingerprint density at radius 3 is 2.64 bits per heavy atom. The molecule has 0 atom stereocenters. The molecule has 1 heterocycles. The van der Waals surface area contributed by atoms with Crippen molar-refractivity contribution in [3.05, 3.63) is 52.0 Å². The van der Waals surface area contributed by atoms with E-state index in [1.54, 1.807) is 19.2 Å². The fraction of sp³-hybridized carbons (Fsp3) is 0.211. The molecule has 0 aliphatic carbocycles. The van der Waals surface area contributed by atoms with Gasteiger partial charge < -0.3 is 10.1 Å². The van der Waals surface area contributed by atoms with E-state index in [1.807, 2.05) is 41.8 Å². The van der Waals surface area contributed by atoms with Crippen molar-refractivity contribution in [2.75, 3.05) is 19.4 Å². The maximum atomic E-state index is 11.9. The minimum atomic E-state index is -0.0556. The van der Waals surface area contributed by atoms with E-state index in [0.717, 1.165) is 15.7 Å². The van der Waals surface area contributed by atoms with Crippen LogP contribution >= 0.6 is 39.3 Å². The van der Waals surface area contributed by atoms with E-state index in [4.69, 9.17) is 16.3 Å². The van der Waals surface area contributed by atoms with Gasteiger partial charge in [-0.05, 0) is 37.3 Å². The average molecular weight is 482 g/mol. The summed E-state index contributed by atoms with van der Waals surface area (Å²) in [5.74, 6) is 1.43. The molecule has 0 saturated heterocycles. The number of hydrogen-bond donors (Lipinski definition) is 1. The molecule has 1 amide bonds. The molecule has 1 N–H and O–H groups in total. The second-order valence-electron chi connectivity index (χ2n) is 5.71. The van der Waals surface area contributed by atoms with Crippen molar-refractivity contribution < 1.29 is 9.53 Å². The number of thioether (sulfide) groups is 1. The molecule has 0 saturated carbocycles. The van der Waals surface area contributed by atoms with Crippen molar-refractivity contribution in [2.24, 2.45) is 0 Å². The van der Waals surface area contributed by atoms with Crippen LogP contribution in [0, 0.1) is 0 Å². The van der Waals surface area contributed by atoms with Gasteiger partial charge in [0.2, 0.25) is 5.91 Å². The van der Waals surface area contributed by atoms with Crippen LogP contribution in [0.15, 0.2) is 52.1 Å². The van der Waals surface area contributed by atoms with Gasteiger partial charge in [0.15, 0.2) is 11.0 Å². The number of halogens is 2. The third kappa shape index (κ3) is 4.68. The highest BCUT2D eigenvalue weighted by molar-refractivity contribution is 9.10. The molecule has 0 unspecified atom stereocenters. The highest BCUT2D eigenvalue weighted by atomic mass is 79.9. The molecule has 3 rings (SSSR count). The Bertz CT molecular complexity index is 979. The van der Waals surface area contributed by atoms with Crippen LogP contribution in [0.25, 0.3) is 17.1 Å². The summed E-state index contributed by atoms with van der Waals surface area (Å²) in [5.41, 5.74) is 1.68. The first kappa shape index (κ1) is 20.7. The Morgan fingerprint density at radius 2 is 2.00 bits per heavy atom. The molecule has 0 bridgehead atoms. The topological polar surface area (TPSA) is 69.0 Å². The fourth-order valence-corrected chi connectivity index (χ4v) is 3.85. The molecule has 0 spiro atoms. The number of rotatable bonds is 7. The molecule has 0 aliphatic heterocycles. The number of ether oxygens (including phenoxy) is 1. The van der Waals surface area contributed by atoms with E-state index in [2.05, 4.69) is 31.4 Å². The van der Waals surface area contributed by atoms with Crippen LogP contribution in [-0.2, 0) is 4.79 Å². The van der Waals surface area contributed by atoms with Gasteiger partial charge in [0.25, 0.3) is 0 Å². The van der Waals surface area contributed by atoms with Crippen molar-refractivity contribution in [1.82, 2.24) is 20.1 Å². The Hall–Kier alpha value is -2.03. The van der Waals surface area contributed by atoms with E-state index in [9.17, 15) is 4.79 Å². The molecule has 3 aromatic rings. The van der Waals surface area contributed by atoms with Gasteiger partial charge in [0.1, 0.15) is 5.75 Å². The summed E-state index contributed by atoms with van der Waals surface area (Å²) in [6.45, 7) is 2.47. The second kappa shape index (κ2) is 9.45. The minimum Gasteiger partial charge on any atom is -0.495 e. The van der Waals surface area contributed by atoms with Crippen LogP contribution in [0.3, 0.4) is 0 Å². The van der Waals surface area contributed by atoms with Gasteiger partial charge in [-0.3, -0.25) is 9.36 Å². The largest absolute Gasteiger partial charge is 0.495 e. The van der Waals surface area contributed by atoms with Gasteiger partial charge in [0.05, 0.1) is 23.6 Å². The maximum absolute atomic E-state index is 11.9. The Balaban J connectivity index is 2.04.